The van der Waals surface area contributed by atoms with E-state index in [1.807, 2.05) is 24.3 Å². The molecule has 9 heteroatoms. The number of carbonyl (C=O) groups excluding carboxylic acids is 1. The molecule has 1 aromatic carbocycles. The molecule has 2 N–H and O–H groups in total. The Morgan fingerprint density at radius 2 is 2.06 bits per heavy atom. The summed E-state index contributed by atoms with van der Waals surface area (Å²) in [4.78, 5) is 28.0. The molecule has 8 nitrogen and oxygen atoms in total. The van der Waals surface area contributed by atoms with E-state index in [-0.39, 0.29) is 12.3 Å². The lowest BCUT2D eigenvalue weighted by atomic mass is 9.90. The first-order valence-corrected chi connectivity index (χ1v) is 12.3. The van der Waals surface area contributed by atoms with E-state index in [0.29, 0.717) is 59.5 Å². The minimum absolute atomic E-state index is 0.146. The maximum Gasteiger partial charge on any atom is 0.227 e. The zero-order valence-electron chi connectivity index (χ0n) is 20.0. The number of carbonyl (C=O) groups is 1. The van der Waals surface area contributed by atoms with Crippen LogP contribution in [0.15, 0.2) is 48.8 Å². The van der Waals surface area contributed by atoms with Crippen molar-refractivity contribution in [2.24, 2.45) is 5.92 Å². The number of pyridine rings is 1. The normalized spacial score (nSPS) is 18.1. The molecular formula is C27H28FN7O. The molecule has 2 aliphatic rings. The van der Waals surface area contributed by atoms with Gasteiger partial charge in [-0.25, -0.2) is 19.3 Å². The van der Waals surface area contributed by atoms with E-state index in [1.165, 1.54) is 0 Å². The number of benzene rings is 1. The Balaban J connectivity index is 1.31. The molecule has 36 heavy (non-hydrogen) atoms. The predicted molar refractivity (Wildman–Crippen MR) is 136 cm³/mol. The van der Waals surface area contributed by atoms with Gasteiger partial charge in [-0.2, -0.15) is 5.26 Å². The predicted octanol–water partition coefficient (Wildman–Crippen LogP) is 4.27. The number of piperidine rings is 1. The summed E-state index contributed by atoms with van der Waals surface area (Å²) in [6.45, 7) is 2.74. The largest absolute Gasteiger partial charge is 0.352 e. The number of alkyl halides is 1. The first-order valence-electron chi connectivity index (χ1n) is 12.3. The second-order valence-corrected chi connectivity index (χ2v) is 9.33. The lowest BCUT2D eigenvalue weighted by Gasteiger charge is -2.21. The fraction of sp³-hybridized carbons (Fsp3) is 0.370. The highest BCUT2D eigenvalue weighted by Gasteiger charge is 2.25. The van der Waals surface area contributed by atoms with E-state index < -0.39 is 6.17 Å². The summed E-state index contributed by atoms with van der Waals surface area (Å²) in [5.41, 5.74) is 3.05. The van der Waals surface area contributed by atoms with Crippen LogP contribution in [0.1, 0.15) is 41.6 Å². The van der Waals surface area contributed by atoms with Gasteiger partial charge < -0.3 is 15.5 Å². The van der Waals surface area contributed by atoms with Crippen LogP contribution in [0.25, 0.3) is 11.3 Å². The van der Waals surface area contributed by atoms with Crippen molar-refractivity contribution in [2.45, 2.75) is 31.9 Å². The number of hydrogen-bond donors (Lipinski definition) is 2. The summed E-state index contributed by atoms with van der Waals surface area (Å²) in [6, 6.07) is 13.0. The molecule has 0 saturated carbocycles. The molecule has 5 rings (SSSR count). The third kappa shape index (κ3) is 5.50. The molecule has 3 aromatic rings. The number of aromatic nitrogens is 3. The maximum absolute atomic E-state index is 13.6. The van der Waals surface area contributed by atoms with Crippen LogP contribution in [0, 0.1) is 17.2 Å². The first-order chi connectivity index (χ1) is 17.6. The lowest BCUT2D eigenvalue weighted by Crippen LogP contribution is -2.28. The summed E-state index contributed by atoms with van der Waals surface area (Å²) in [7, 11) is 0. The van der Waals surface area contributed by atoms with Crippen LogP contribution < -0.4 is 15.5 Å². The molecule has 0 amide bonds. The summed E-state index contributed by atoms with van der Waals surface area (Å²) in [5, 5.41) is 16.2. The molecule has 0 spiro atoms. The van der Waals surface area contributed by atoms with Crippen molar-refractivity contribution in [2.75, 3.05) is 36.4 Å². The molecule has 2 aliphatic heterocycles. The van der Waals surface area contributed by atoms with Crippen molar-refractivity contribution in [3.05, 3.63) is 59.9 Å². The Hall–Kier alpha value is -3.90. The highest BCUT2D eigenvalue weighted by molar-refractivity contribution is 5.97. The van der Waals surface area contributed by atoms with Crippen molar-refractivity contribution in [1.29, 1.82) is 5.26 Å². The van der Waals surface area contributed by atoms with Crippen molar-refractivity contribution in [1.82, 2.24) is 20.3 Å². The molecule has 2 aromatic heterocycles. The van der Waals surface area contributed by atoms with Gasteiger partial charge in [-0.15, -0.1) is 0 Å². The van der Waals surface area contributed by atoms with Gasteiger partial charge in [-0.3, -0.25) is 4.79 Å². The number of halogens is 1. The first kappa shape index (κ1) is 23.8. The topological polar surface area (TPSA) is 107 Å². The van der Waals surface area contributed by atoms with Gasteiger partial charge >= 0.3 is 0 Å². The molecule has 0 unspecified atom stereocenters. The van der Waals surface area contributed by atoms with Crippen LogP contribution in [0.4, 0.5) is 21.8 Å². The van der Waals surface area contributed by atoms with Gasteiger partial charge in [0.05, 0.1) is 17.8 Å². The fourth-order valence-electron chi connectivity index (χ4n) is 4.79. The van der Waals surface area contributed by atoms with Crippen LogP contribution in [0.3, 0.4) is 0 Å². The minimum Gasteiger partial charge on any atom is -0.352 e. The number of ketones is 1. The molecule has 0 radical (unpaired) electrons. The number of Topliss-reactive ketones (excluding diaryl/α,β-unsaturated/α-hetero) is 1. The highest BCUT2D eigenvalue weighted by atomic mass is 19.1. The summed E-state index contributed by atoms with van der Waals surface area (Å²) < 4.78 is 13.6. The van der Waals surface area contributed by atoms with E-state index in [0.717, 1.165) is 31.6 Å². The molecular weight excluding hydrogens is 457 g/mol. The van der Waals surface area contributed by atoms with E-state index in [9.17, 15) is 14.4 Å². The monoisotopic (exact) mass is 485 g/mol. The number of anilines is 3. The van der Waals surface area contributed by atoms with E-state index in [4.69, 9.17) is 0 Å². The smallest absolute Gasteiger partial charge is 0.227 e. The van der Waals surface area contributed by atoms with Crippen molar-refractivity contribution < 1.29 is 9.18 Å². The van der Waals surface area contributed by atoms with Gasteiger partial charge in [0.1, 0.15) is 18.1 Å². The number of nitriles is 1. The highest BCUT2D eigenvalue weighted by Crippen LogP contribution is 2.28. The standard InChI is InChI=1S/C27H28FN7O/c28-22-7-11-35(17-22)26-20(15-29)13-21(16-32-26)24-6-10-31-27(34-24)33-23-3-1-2-19(14-23)25(36)12-18-4-8-30-9-5-18/h1-3,6,10,13-14,16,18,22,30H,4-5,7-9,11-12,17H2,(H,31,33,34)/t22-/m0/s1. The Bertz CT molecular complexity index is 1290. The molecule has 2 fully saturated rings. The molecule has 184 valence electrons. The molecule has 2 saturated heterocycles. The number of hydrogen-bond acceptors (Lipinski definition) is 8. The van der Waals surface area contributed by atoms with Crippen LogP contribution in [-0.2, 0) is 0 Å². The molecule has 4 heterocycles. The van der Waals surface area contributed by atoms with E-state index in [1.54, 1.807) is 29.4 Å². The second kappa shape index (κ2) is 10.8. The Labute approximate surface area is 209 Å². The average Bonchev–Trinajstić information content (AvgIpc) is 3.35. The molecule has 1 atom stereocenters. The minimum atomic E-state index is -0.896. The van der Waals surface area contributed by atoms with Gasteiger partial charge in [0, 0.05) is 42.2 Å². The van der Waals surface area contributed by atoms with Gasteiger partial charge in [0.25, 0.3) is 0 Å². The van der Waals surface area contributed by atoms with Gasteiger partial charge in [0.2, 0.25) is 5.95 Å². The summed E-state index contributed by atoms with van der Waals surface area (Å²) >= 11 is 0. The zero-order valence-corrected chi connectivity index (χ0v) is 20.0. The van der Waals surface area contributed by atoms with Gasteiger partial charge in [-0.05, 0) is 62.5 Å². The number of nitrogens with zero attached hydrogens (tertiary/aromatic N) is 5. The number of rotatable bonds is 7. The van der Waals surface area contributed by atoms with Crippen LogP contribution >= 0.6 is 0 Å². The maximum atomic E-state index is 13.6. The second-order valence-electron chi connectivity index (χ2n) is 9.33. The van der Waals surface area contributed by atoms with Gasteiger partial charge in [-0.1, -0.05) is 12.1 Å². The molecule has 0 aliphatic carbocycles. The third-order valence-corrected chi connectivity index (χ3v) is 6.74. The molecule has 0 bridgehead atoms. The van der Waals surface area contributed by atoms with E-state index in [2.05, 4.69) is 31.7 Å². The summed E-state index contributed by atoms with van der Waals surface area (Å²) in [5.74, 6) is 1.45. The van der Waals surface area contributed by atoms with Crippen LogP contribution in [0.2, 0.25) is 0 Å². The number of nitrogens with one attached hydrogen (secondary N) is 2. The van der Waals surface area contributed by atoms with Crippen molar-refractivity contribution in [3.8, 4) is 17.3 Å². The van der Waals surface area contributed by atoms with E-state index >= 15 is 0 Å². The van der Waals surface area contributed by atoms with Gasteiger partial charge in [0.15, 0.2) is 5.78 Å². The average molecular weight is 486 g/mol. The Morgan fingerprint density at radius 3 is 2.83 bits per heavy atom. The third-order valence-electron chi connectivity index (χ3n) is 6.74. The summed E-state index contributed by atoms with van der Waals surface area (Å²) in [6.07, 6.45) is 5.44. The van der Waals surface area contributed by atoms with Crippen molar-refractivity contribution >= 4 is 23.2 Å². The Morgan fingerprint density at radius 1 is 1.19 bits per heavy atom. The lowest BCUT2D eigenvalue weighted by molar-refractivity contribution is 0.0952. The SMILES string of the molecule is N#Cc1cc(-c2ccnc(Nc3cccc(C(=O)CC4CCNCC4)c3)n2)cnc1N1CC[C@H](F)C1. The van der Waals surface area contributed by atoms with Crippen LogP contribution in [0.5, 0.6) is 0 Å². The fourth-order valence-corrected chi connectivity index (χ4v) is 4.79. The Kier molecular flexibility index (Phi) is 7.14. The zero-order chi connectivity index (χ0) is 24.9. The van der Waals surface area contributed by atoms with Crippen LogP contribution in [-0.4, -0.2) is 53.1 Å². The van der Waals surface area contributed by atoms with Crippen molar-refractivity contribution in [3.63, 3.8) is 0 Å². The quantitative estimate of drug-likeness (QED) is 0.478.